The first-order valence-corrected chi connectivity index (χ1v) is 8.22. The zero-order chi connectivity index (χ0) is 16.6. The number of para-hydroxylation sites is 1. The number of amides is 1. The lowest BCUT2D eigenvalue weighted by Gasteiger charge is -2.26. The molecule has 1 N–H and O–H groups in total. The number of hydrogen-bond acceptors (Lipinski definition) is 4. The van der Waals surface area contributed by atoms with E-state index in [4.69, 9.17) is 9.47 Å². The molecule has 1 amide bonds. The summed E-state index contributed by atoms with van der Waals surface area (Å²) in [6, 6.07) is 17.0. The van der Waals surface area contributed by atoms with Crippen LogP contribution in [0.15, 0.2) is 54.6 Å². The molecule has 126 valence electrons. The Morgan fingerprint density at radius 2 is 1.67 bits per heavy atom. The Balaban J connectivity index is 1.45. The topological polar surface area (TPSA) is 50.8 Å². The molecule has 0 radical (unpaired) electrons. The van der Waals surface area contributed by atoms with E-state index in [2.05, 4.69) is 10.2 Å². The van der Waals surface area contributed by atoms with Gasteiger partial charge in [0.1, 0.15) is 11.5 Å². The molecule has 0 aromatic heterocycles. The van der Waals surface area contributed by atoms with Crippen LogP contribution < -0.4 is 10.1 Å². The first-order chi connectivity index (χ1) is 11.8. The van der Waals surface area contributed by atoms with E-state index in [0.29, 0.717) is 6.42 Å². The van der Waals surface area contributed by atoms with Gasteiger partial charge < -0.3 is 14.8 Å². The molecule has 1 aliphatic rings. The fourth-order valence-corrected chi connectivity index (χ4v) is 2.54. The molecular formula is C19H22N2O3. The molecule has 5 heteroatoms. The standard InChI is InChI=1S/C19H22N2O3/c22-19(10-11-21-12-14-23-15-13-21)20-16-6-8-18(9-7-16)24-17-4-2-1-3-5-17/h1-9H,10-15H2,(H,20,22). The minimum atomic E-state index is 0.0261. The van der Waals surface area contributed by atoms with Gasteiger partial charge in [0.25, 0.3) is 0 Å². The molecule has 1 saturated heterocycles. The molecule has 0 atom stereocenters. The Morgan fingerprint density at radius 1 is 1.00 bits per heavy atom. The average Bonchev–Trinajstić information content (AvgIpc) is 2.63. The number of morpholine rings is 1. The second-order valence-electron chi connectivity index (χ2n) is 5.69. The number of nitrogens with one attached hydrogen (secondary N) is 1. The summed E-state index contributed by atoms with van der Waals surface area (Å²) in [4.78, 5) is 14.3. The van der Waals surface area contributed by atoms with Crippen molar-refractivity contribution in [3.05, 3.63) is 54.6 Å². The lowest BCUT2D eigenvalue weighted by Crippen LogP contribution is -2.38. The minimum Gasteiger partial charge on any atom is -0.457 e. The summed E-state index contributed by atoms with van der Waals surface area (Å²) < 4.78 is 11.0. The number of carbonyl (C=O) groups is 1. The Morgan fingerprint density at radius 3 is 2.38 bits per heavy atom. The third-order valence-electron chi connectivity index (χ3n) is 3.88. The van der Waals surface area contributed by atoms with E-state index in [1.807, 2.05) is 54.6 Å². The number of carbonyl (C=O) groups excluding carboxylic acids is 1. The van der Waals surface area contributed by atoms with Gasteiger partial charge in [-0.05, 0) is 36.4 Å². The Hall–Kier alpha value is -2.37. The number of anilines is 1. The monoisotopic (exact) mass is 326 g/mol. The Bertz CT molecular complexity index is 637. The van der Waals surface area contributed by atoms with Crippen molar-refractivity contribution in [2.75, 3.05) is 38.2 Å². The van der Waals surface area contributed by atoms with Crippen LogP contribution in [0.1, 0.15) is 6.42 Å². The third kappa shape index (κ3) is 5.08. The number of benzene rings is 2. The van der Waals surface area contributed by atoms with E-state index >= 15 is 0 Å². The molecule has 3 rings (SSSR count). The van der Waals surface area contributed by atoms with Gasteiger partial charge in [-0.3, -0.25) is 9.69 Å². The van der Waals surface area contributed by atoms with Gasteiger partial charge in [0, 0.05) is 31.7 Å². The van der Waals surface area contributed by atoms with Crippen LogP contribution in [0.25, 0.3) is 0 Å². The maximum atomic E-state index is 12.0. The highest BCUT2D eigenvalue weighted by Crippen LogP contribution is 2.22. The lowest BCUT2D eigenvalue weighted by atomic mass is 10.2. The van der Waals surface area contributed by atoms with Gasteiger partial charge in [-0.1, -0.05) is 18.2 Å². The molecule has 0 saturated carbocycles. The summed E-state index contributed by atoms with van der Waals surface area (Å²) in [7, 11) is 0. The van der Waals surface area contributed by atoms with Crippen LogP contribution >= 0.6 is 0 Å². The summed E-state index contributed by atoms with van der Waals surface area (Å²) in [5.41, 5.74) is 0.780. The van der Waals surface area contributed by atoms with E-state index in [0.717, 1.165) is 50.0 Å². The molecule has 1 aliphatic heterocycles. The summed E-state index contributed by atoms with van der Waals surface area (Å²) in [6.45, 7) is 4.08. The van der Waals surface area contributed by atoms with E-state index in [9.17, 15) is 4.79 Å². The summed E-state index contributed by atoms with van der Waals surface area (Å²) in [6.07, 6.45) is 0.488. The van der Waals surface area contributed by atoms with Crippen molar-refractivity contribution in [2.45, 2.75) is 6.42 Å². The number of rotatable bonds is 6. The van der Waals surface area contributed by atoms with Crippen molar-refractivity contribution >= 4 is 11.6 Å². The minimum absolute atomic E-state index is 0.0261. The van der Waals surface area contributed by atoms with Crippen LogP contribution in [0.4, 0.5) is 5.69 Å². The van der Waals surface area contributed by atoms with Gasteiger partial charge in [-0.25, -0.2) is 0 Å². The largest absolute Gasteiger partial charge is 0.457 e. The van der Waals surface area contributed by atoms with Crippen molar-refractivity contribution in [3.8, 4) is 11.5 Å². The van der Waals surface area contributed by atoms with Crippen LogP contribution in [-0.4, -0.2) is 43.7 Å². The predicted octanol–water partition coefficient (Wildman–Crippen LogP) is 3.14. The van der Waals surface area contributed by atoms with Gasteiger partial charge in [-0.15, -0.1) is 0 Å². The van der Waals surface area contributed by atoms with Crippen molar-refractivity contribution in [3.63, 3.8) is 0 Å². The first kappa shape index (κ1) is 16.5. The quantitative estimate of drug-likeness (QED) is 0.886. The number of ether oxygens (including phenoxy) is 2. The van der Waals surface area contributed by atoms with Gasteiger partial charge in [0.2, 0.25) is 5.91 Å². The highest BCUT2D eigenvalue weighted by atomic mass is 16.5. The highest BCUT2D eigenvalue weighted by molar-refractivity contribution is 5.90. The lowest BCUT2D eigenvalue weighted by molar-refractivity contribution is -0.116. The molecule has 5 nitrogen and oxygen atoms in total. The van der Waals surface area contributed by atoms with Crippen LogP contribution in [0.3, 0.4) is 0 Å². The zero-order valence-electron chi connectivity index (χ0n) is 13.6. The van der Waals surface area contributed by atoms with Gasteiger partial charge in [0.05, 0.1) is 13.2 Å². The number of nitrogens with zero attached hydrogens (tertiary/aromatic N) is 1. The van der Waals surface area contributed by atoms with E-state index in [-0.39, 0.29) is 5.91 Å². The molecule has 1 fully saturated rings. The fraction of sp³-hybridized carbons (Fsp3) is 0.316. The predicted molar refractivity (Wildman–Crippen MR) is 93.5 cm³/mol. The Labute approximate surface area is 142 Å². The molecule has 1 heterocycles. The highest BCUT2D eigenvalue weighted by Gasteiger charge is 2.12. The summed E-state index contributed by atoms with van der Waals surface area (Å²) >= 11 is 0. The normalized spacial score (nSPS) is 15.0. The molecule has 0 spiro atoms. The SMILES string of the molecule is O=C(CCN1CCOCC1)Nc1ccc(Oc2ccccc2)cc1. The fourth-order valence-electron chi connectivity index (χ4n) is 2.54. The molecule has 24 heavy (non-hydrogen) atoms. The third-order valence-corrected chi connectivity index (χ3v) is 3.88. The van der Waals surface area contributed by atoms with Crippen LogP contribution in [-0.2, 0) is 9.53 Å². The van der Waals surface area contributed by atoms with Crippen molar-refractivity contribution in [2.24, 2.45) is 0 Å². The van der Waals surface area contributed by atoms with E-state index in [1.54, 1.807) is 0 Å². The number of hydrogen-bond donors (Lipinski definition) is 1. The maximum Gasteiger partial charge on any atom is 0.225 e. The molecule has 0 aliphatic carbocycles. The summed E-state index contributed by atoms with van der Waals surface area (Å²) in [5, 5.41) is 2.92. The van der Waals surface area contributed by atoms with Crippen molar-refractivity contribution in [1.29, 1.82) is 0 Å². The summed E-state index contributed by atoms with van der Waals surface area (Å²) in [5.74, 6) is 1.56. The van der Waals surface area contributed by atoms with E-state index in [1.165, 1.54) is 0 Å². The molecule has 2 aromatic rings. The zero-order valence-corrected chi connectivity index (χ0v) is 13.6. The molecular weight excluding hydrogens is 304 g/mol. The maximum absolute atomic E-state index is 12.0. The van der Waals surface area contributed by atoms with Crippen LogP contribution in [0.2, 0.25) is 0 Å². The smallest absolute Gasteiger partial charge is 0.225 e. The molecule has 0 unspecified atom stereocenters. The van der Waals surface area contributed by atoms with E-state index < -0.39 is 0 Å². The van der Waals surface area contributed by atoms with Crippen LogP contribution in [0.5, 0.6) is 11.5 Å². The van der Waals surface area contributed by atoms with Crippen LogP contribution in [0, 0.1) is 0 Å². The van der Waals surface area contributed by atoms with Gasteiger partial charge in [0.15, 0.2) is 0 Å². The molecule has 2 aromatic carbocycles. The second kappa shape index (κ2) is 8.47. The van der Waals surface area contributed by atoms with Gasteiger partial charge >= 0.3 is 0 Å². The molecule has 0 bridgehead atoms. The first-order valence-electron chi connectivity index (χ1n) is 8.22. The van der Waals surface area contributed by atoms with Gasteiger partial charge in [-0.2, -0.15) is 0 Å². The van der Waals surface area contributed by atoms with Crippen molar-refractivity contribution in [1.82, 2.24) is 4.90 Å². The average molecular weight is 326 g/mol. The Kier molecular flexibility index (Phi) is 5.82. The van der Waals surface area contributed by atoms with Crippen molar-refractivity contribution < 1.29 is 14.3 Å². The second-order valence-corrected chi connectivity index (χ2v) is 5.69.